The summed E-state index contributed by atoms with van der Waals surface area (Å²) in [7, 11) is 0. The minimum absolute atomic E-state index is 0.144. The van der Waals surface area contributed by atoms with Crippen LogP contribution in [0.2, 0.25) is 0 Å². The number of hydrogen-bond donors (Lipinski definition) is 2. The van der Waals surface area contributed by atoms with E-state index in [-0.39, 0.29) is 11.5 Å². The molecule has 0 fully saturated rings. The van der Waals surface area contributed by atoms with Crippen LogP contribution in [-0.4, -0.2) is 10.2 Å². The number of phenols is 2. The second-order valence-electron chi connectivity index (χ2n) is 2.94. The maximum atomic E-state index is 9.64. The molecule has 72 valence electrons. The van der Waals surface area contributed by atoms with Crippen molar-refractivity contribution in [2.45, 2.75) is 0 Å². The zero-order chi connectivity index (χ0) is 10.3. The summed E-state index contributed by atoms with van der Waals surface area (Å²) in [6.07, 6.45) is 0. The maximum Gasteiger partial charge on any atom is 0.124 e. The number of aromatic hydroxyl groups is 2. The lowest BCUT2D eigenvalue weighted by Gasteiger charge is -2.05. The van der Waals surface area contributed by atoms with E-state index in [4.69, 9.17) is 0 Å². The second-order valence-corrected chi connectivity index (χ2v) is 4.78. The molecule has 2 nitrogen and oxygen atoms in total. The summed E-state index contributed by atoms with van der Waals surface area (Å²) in [4.78, 5) is 0. The minimum atomic E-state index is 0.144. The van der Waals surface area contributed by atoms with Crippen molar-refractivity contribution in [1.82, 2.24) is 0 Å². The van der Waals surface area contributed by atoms with Crippen molar-refractivity contribution in [3.63, 3.8) is 0 Å². The first-order chi connectivity index (χ1) is 6.58. The van der Waals surface area contributed by atoms with Crippen molar-refractivity contribution >= 4 is 42.6 Å². The van der Waals surface area contributed by atoms with E-state index in [0.717, 1.165) is 8.95 Å². The predicted octanol–water partition coefficient (Wildman–Crippen LogP) is 3.78. The molecule has 2 aromatic rings. The largest absolute Gasteiger partial charge is 0.507 e. The summed E-state index contributed by atoms with van der Waals surface area (Å²) in [6.45, 7) is 0. The third kappa shape index (κ3) is 1.60. The quantitative estimate of drug-likeness (QED) is 0.776. The van der Waals surface area contributed by atoms with Crippen LogP contribution in [0.1, 0.15) is 0 Å². The van der Waals surface area contributed by atoms with Gasteiger partial charge in [0.25, 0.3) is 0 Å². The van der Waals surface area contributed by atoms with E-state index in [2.05, 4.69) is 31.9 Å². The van der Waals surface area contributed by atoms with Crippen molar-refractivity contribution in [1.29, 1.82) is 0 Å². The molecule has 14 heavy (non-hydrogen) atoms. The molecule has 0 saturated carbocycles. The van der Waals surface area contributed by atoms with Gasteiger partial charge in [0.2, 0.25) is 0 Å². The van der Waals surface area contributed by atoms with Crippen LogP contribution >= 0.6 is 31.9 Å². The molecule has 0 spiro atoms. The average Bonchev–Trinajstić information content (AvgIpc) is 2.07. The van der Waals surface area contributed by atoms with Gasteiger partial charge in [0.05, 0.1) is 0 Å². The standard InChI is InChI=1S/C10H6Br2O2/c11-5-1-7-8(10(14)3-5)2-6(12)4-9(7)13/h1-4,13-14H. The Morgan fingerprint density at radius 1 is 0.714 bits per heavy atom. The van der Waals surface area contributed by atoms with Crippen molar-refractivity contribution in [3.05, 3.63) is 33.2 Å². The SMILES string of the molecule is Oc1cc(Br)cc2c(O)cc(Br)cc12. The molecule has 0 atom stereocenters. The van der Waals surface area contributed by atoms with Crippen molar-refractivity contribution < 1.29 is 10.2 Å². The van der Waals surface area contributed by atoms with E-state index in [1.165, 1.54) is 0 Å². The van der Waals surface area contributed by atoms with Gasteiger partial charge in [-0.05, 0) is 24.3 Å². The van der Waals surface area contributed by atoms with Crippen LogP contribution < -0.4 is 0 Å². The summed E-state index contributed by atoms with van der Waals surface area (Å²) >= 11 is 6.51. The summed E-state index contributed by atoms with van der Waals surface area (Å²) in [5.74, 6) is 0.289. The number of phenolic OH excluding ortho intramolecular Hbond substituents is 2. The van der Waals surface area contributed by atoms with E-state index in [0.29, 0.717) is 10.8 Å². The van der Waals surface area contributed by atoms with Crippen LogP contribution in [-0.2, 0) is 0 Å². The zero-order valence-electron chi connectivity index (χ0n) is 6.96. The van der Waals surface area contributed by atoms with Crippen LogP contribution in [0.3, 0.4) is 0 Å². The Morgan fingerprint density at radius 3 is 1.43 bits per heavy atom. The zero-order valence-corrected chi connectivity index (χ0v) is 10.1. The molecule has 2 N–H and O–H groups in total. The fraction of sp³-hybridized carbons (Fsp3) is 0. The minimum Gasteiger partial charge on any atom is -0.507 e. The lowest BCUT2D eigenvalue weighted by Crippen LogP contribution is -1.77. The third-order valence-electron chi connectivity index (χ3n) is 1.96. The topological polar surface area (TPSA) is 40.5 Å². The molecular weight excluding hydrogens is 312 g/mol. The first-order valence-corrected chi connectivity index (χ1v) is 5.47. The van der Waals surface area contributed by atoms with Crippen LogP contribution in [0.25, 0.3) is 10.8 Å². The van der Waals surface area contributed by atoms with Crippen LogP contribution in [0.15, 0.2) is 33.2 Å². The molecule has 0 aromatic heterocycles. The van der Waals surface area contributed by atoms with Crippen LogP contribution in [0, 0.1) is 0 Å². The Bertz CT molecular complexity index is 462. The molecule has 0 saturated heterocycles. The van der Waals surface area contributed by atoms with Gasteiger partial charge in [-0.25, -0.2) is 0 Å². The monoisotopic (exact) mass is 316 g/mol. The third-order valence-corrected chi connectivity index (χ3v) is 2.87. The Balaban J connectivity index is 2.94. The molecule has 0 heterocycles. The first kappa shape index (κ1) is 9.80. The summed E-state index contributed by atoms with van der Waals surface area (Å²) in [6, 6.07) is 6.70. The summed E-state index contributed by atoms with van der Waals surface area (Å²) in [5.41, 5.74) is 0. The molecule has 0 amide bonds. The maximum absolute atomic E-state index is 9.64. The van der Waals surface area contributed by atoms with E-state index >= 15 is 0 Å². The van der Waals surface area contributed by atoms with Gasteiger partial charge < -0.3 is 10.2 Å². The van der Waals surface area contributed by atoms with Gasteiger partial charge in [-0.2, -0.15) is 0 Å². The van der Waals surface area contributed by atoms with Gasteiger partial charge in [0.1, 0.15) is 11.5 Å². The van der Waals surface area contributed by atoms with Crippen LogP contribution in [0.5, 0.6) is 11.5 Å². The normalized spacial score (nSPS) is 10.7. The molecule has 2 rings (SSSR count). The molecule has 0 aliphatic rings. The molecule has 0 unspecified atom stereocenters. The smallest absolute Gasteiger partial charge is 0.124 e. The molecule has 0 radical (unpaired) electrons. The number of hydrogen-bond acceptors (Lipinski definition) is 2. The molecule has 2 aromatic carbocycles. The highest BCUT2D eigenvalue weighted by Crippen LogP contribution is 2.36. The van der Waals surface area contributed by atoms with Gasteiger partial charge in [0.15, 0.2) is 0 Å². The van der Waals surface area contributed by atoms with Gasteiger partial charge in [-0.3, -0.25) is 0 Å². The molecule has 0 bridgehead atoms. The Labute approximate surface area is 97.4 Å². The summed E-state index contributed by atoms with van der Waals surface area (Å²) in [5, 5.41) is 20.5. The van der Waals surface area contributed by atoms with Gasteiger partial charge in [0, 0.05) is 19.7 Å². The van der Waals surface area contributed by atoms with Gasteiger partial charge in [-0.1, -0.05) is 31.9 Å². The van der Waals surface area contributed by atoms with E-state index in [1.807, 2.05) is 0 Å². The number of halogens is 2. The summed E-state index contributed by atoms with van der Waals surface area (Å²) < 4.78 is 1.47. The van der Waals surface area contributed by atoms with E-state index in [1.54, 1.807) is 24.3 Å². The average molecular weight is 318 g/mol. The Morgan fingerprint density at radius 2 is 1.07 bits per heavy atom. The molecule has 4 heteroatoms. The Kier molecular flexibility index (Phi) is 2.41. The first-order valence-electron chi connectivity index (χ1n) is 3.88. The highest BCUT2D eigenvalue weighted by atomic mass is 79.9. The second kappa shape index (κ2) is 3.44. The molecule has 0 aliphatic carbocycles. The van der Waals surface area contributed by atoms with Crippen molar-refractivity contribution in [2.24, 2.45) is 0 Å². The number of benzene rings is 2. The van der Waals surface area contributed by atoms with Gasteiger partial charge in [-0.15, -0.1) is 0 Å². The lowest BCUT2D eigenvalue weighted by molar-refractivity contribution is 0.475. The Hall–Kier alpha value is -0.740. The highest BCUT2D eigenvalue weighted by molar-refractivity contribution is 9.10. The molecular formula is C10H6Br2O2. The molecule has 0 aliphatic heterocycles. The van der Waals surface area contributed by atoms with Crippen molar-refractivity contribution in [3.8, 4) is 11.5 Å². The fourth-order valence-electron chi connectivity index (χ4n) is 1.36. The predicted molar refractivity (Wildman–Crippen MR) is 62.7 cm³/mol. The van der Waals surface area contributed by atoms with E-state index in [9.17, 15) is 10.2 Å². The fourth-order valence-corrected chi connectivity index (χ4v) is 2.25. The van der Waals surface area contributed by atoms with Crippen molar-refractivity contribution in [2.75, 3.05) is 0 Å². The lowest BCUT2D eigenvalue weighted by atomic mass is 10.1. The van der Waals surface area contributed by atoms with Gasteiger partial charge >= 0.3 is 0 Å². The highest BCUT2D eigenvalue weighted by Gasteiger charge is 2.06. The number of rotatable bonds is 0. The van der Waals surface area contributed by atoms with Crippen LogP contribution in [0.4, 0.5) is 0 Å². The van der Waals surface area contributed by atoms with E-state index < -0.39 is 0 Å². The number of fused-ring (bicyclic) bond motifs is 1.